The predicted molar refractivity (Wildman–Crippen MR) is 130 cm³/mol. The van der Waals surface area contributed by atoms with Gasteiger partial charge in [-0.2, -0.15) is 0 Å². The van der Waals surface area contributed by atoms with Crippen molar-refractivity contribution in [3.05, 3.63) is 116 Å². The number of benzene rings is 4. The van der Waals surface area contributed by atoms with Gasteiger partial charge in [-0.3, -0.25) is 4.79 Å². The van der Waals surface area contributed by atoms with E-state index in [1.165, 1.54) is 7.11 Å². The molecule has 0 unspecified atom stereocenters. The van der Waals surface area contributed by atoms with Crippen LogP contribution in [0.4, 0.5) is 0 Å². The van der Waals surface area contributed by atoms with Crippen LogP contribution in [0.25, 0.3) is 10.8 Å². The number of methoxy groups -OCH3 is 1. The van der Waals surface area contributed by atoms with E-state index in [-0.39, 0.29) is 5.78 Å². The summed E-state index contributed by atoms with van der Waals surface area (Å²) in [6.07, 6.45) is 0. The molecule has 0 heterocycles. The minimum atomic E-state index is -0.437. The lowest BCUT2D eigenvalue weighted by Gasteiger charge is -2.11. The Balaban J connectivity index is 1.88. The molecule has 4 aromatic rings. The molecule has 0 aliphatic rings. The second kappa shape index (κ2) is 9.15. The Morgan fingerprint density at radius 3 is 2.16 bits per heavy atom. The zero-order valence-electron chi connectivity index (χ0n) is 16.7. The first-order valence-electron chi connectivity index (χ1n) is 9.60. The van der Waals surface area contributed by atoms with Crippen LogP contribution in [0.15, 0.2) is 84.9 Å². The van der Waals surface area contributed by atoms with Crippen LogP contribution in [0.3, 0.4) is 0 Å². The van der Waals surface area contributed by atoms with Gasteiger partial charge in [0.25, 0.3) is 0 Å². The molecule has 0 bridgehead atoms. The van der Waals surface area contributed by atoms with Crippen molar-refractivity contribution in [2.24, 2.45) is 0 Å². The van der Waals surface area contributed by atoms with Crippen molar-refractivity contribution < 1.29 is 14.3 Å². The Morgan fingerprint density at radius 1 is 0.806 bits per heavy atom. The largest absolute Gasteiger partial charge is 0.465 e. The van der Waals surface area contributed by atoms with Gasteiger partial charge in [0.2, 0.25) is 0 Å². The van der Waals surface area contributed by atoms with E-state index in [4.69, 9.17) is 4.74 Å². The minimum absolute atomic E-state index is 0.136. The lowest BCUT2D eigenvalue weighted by Crippen LogP contribution is -2.08. The molecule has 0 radical (unpaired) electrons. The van der Waals surface area contributed by atoms with Gasteiger partial charge in [0.1, 0.15) is 0 Å². The van der Waals surface area contributed by atoms with E-state index < -0.39 is 5.97 Å². The molecule has 0 fully saturated rings. The summed E-state index contributed by atoms with van der Waals surface area (Å²) in [7, 11) is 1.33. The first kappa shape index (κ1) is 20.8. The van der Waals surface area contributed by atoms with E-state index in [2.05, 4.69) is 34.4 Å². The van der Waals surface area contributed by atoms with Gasteiger partial charge < -0.3 is 4.74 Å². The lowest BCUT2D eigenvalue weighted by molar-refractivity contribution is 0.0600. The molecule has 0 aliphatic heterocycles. The van der Waals surface area contributed by atoms with Gasteiger partial charge in [-0.05, 0) is 63.7 Å². The highest BCUT2D eigenvalue weighted by molar-refractivity contribution is 14.1. The lowest BCUT2D eigenvalue weighted by atomic mass is 9.92. The van der Waals surface area contributed by atoms with Crippen molar-refractivity contribution in [3.8, 4) is 11.8 Å². The van der Waals surface area contributed by atoms with E-state index in [1.54, 1.807) is 24.3 Å². The first-order valence-corrected chi connectivity index (χ1v) is 10.7. The predicted octanol–water partition coefficient (Wildman–Crippen LogP) is 5.86. The standard InChI is InChI=1S/C27H17IO3/c1-31-27(30)20-14-12-19(13-15-20)26(29)25-22-10-6-5-9-21(22)17-24(28)23(25)16-11-18-7-3-2-4-8-18/h2-10,12-15,17H,1H3. The van der Waals surface area contributed by atoms with Crippen molar-refractivity contribution in [1.82, 2.24) is 0 Å². The molecular weight excluding hydrogens is 499 g/mol. The number of hydrogen-bond donors (Lipinski definition) is 0. The number of hydrogen-bond acceptors (Lipinski definition) is 3. The number of carbonyl (C=O) groups excluding carboxylic acids is 2. The van der Waals surface area contributed by atoms with E-state index in [1.807, 2.05) is 60.7 Å². The average Bonchev–Trinajstić information content (AvgIpc) is 2.82. The highest BCUT2D eigenvalue weighted by Gasteiger charge is 2.19. The molecular formula is C27H17IO3. The zero-order chi connectivity index (χ0) is 21.8. The molecule has 0 N–H and O–H groups in total. The number of fused-ring (bicyclic) bond motifs is 1. The van der Waals surface area contributed by atoms with Gasteiger partial charge >= 0.3 is 5.97 Å². The average molecular weight is 516 g/mol. The van der Waals surface area contributed by atoms with Crippen LogP contribution < -0.4 is 0 Å². The number of ether oxygens (including phenoxy) is 1. The molecule has 3 nitrogen and oxygen atoms in total. The van der Waals surface area contributed by atoms with Crippen LogP contribution >= 0.6 is 22.6 Å². The van der Waals surface area contributed by atoms with Crippen LogP contribution in [0, 0.1) is 15.4 Å². The van der Waals surface area contributed by atoms with Crippen molar-refractivity contribution in [2.45, 2.75) is 0 Å². The third-order valence-electron chi connectivity index (χ3n) is 4.90. The van der Waals surface area contributed by atoms with E-state index in [0.717, 1.165) is 19.9 Å². The molecule has 4 aromatic carbocycles. The van der Waals surface area contributed by atoms with Gasteiger partial charge in [0.05, 0.1) is 18.2 Å². The Labute approximate surface area is 194 Å². The summed E-state index contributed by atoms with van der Waals surface area (Å²) in [6, 6.07) is 26.0. The fraction of sp³-hybridized carbons (Fsp3) is 0.0370. The molecule has 4 heteroatoms. The summed E-state index contributed by atoms with van der Waals surface area (Å²) >= 11 is 2.23. The third kappa shape index (κ3) is 4.37. The molecule has 0 atom stereocenters. The van der Waals surface area contributed by atoms with Crippen molar-refractivity contribution >= 4 is 45.1 Å². The molecule has 0 amide bonds. The maximum absolute atomic E-state index is 13.6. The van der Waals surface area contributed by atoms with Crippen LogP contribution in [0.5, 0.6) is 0 Å². The van der Waals surface area contributed by atoms with Gasteiger partial charge in [-0.1, -0.05) is 66.4 Å². The molecule has 150 valence electrons. The zero-order valence-corrected chi connectivity index (χ0v) is 18.8. The number of carbonyl (C=O) groups is 2. The van der Waals surface area contributed by atoms with Crippen molar-refractivity contribution in [1.29, 1.82) is 0 Å². The van der Waals surface area contributed by atoms with Crippen LogP contribution in [0.1, 0.15) is 37.4 Å². The maximum atomic E-state index is 13.6. The third-order valence-corrected chi connectivity index (χ3v) is 5.75. The summed E-state index contributed by atoms with van der Waals surface area (Å²) in [5.41, 5.74) is 3.03. The number of esters is 1. The van der Waals surface area contributed by atoms with Crippen LogP contribution in [0.2, 0.25) is 0 Å². The fourth-order valence-electron chi connectivity index (χ4n) is 3.35. The summed E-state index contributed by atoms with van der Waals surface area (Å²) in [4.78, 5) is 25.3. The van der Waals surface area contributed by atoms with E-state index in [0.29, 0.717) is 22.3 Å². The Hall–Kier alpha value is -3.43. The van der Waals surface area contributed by atoms with Gasteiger partial charge in [0, 0.05) is 20.3 Å². The monoisotopic (exact) mass is 516 g/mol. The SMILES string of the molecule is COC(=O)c1ccc(C(=O)c2c(C#Cc3ccccc3)c(I)cc3ccccc23)cc1. The van der Waals surface area contributed by atoms with Crippen LogP contribution in [-0.4, -0.2) is 18.9 Å². The fourth-order valence-corrected chi connectivity index (χ4v) is 4.09. The molecule has 0 saturated carbocycles. The highest BCUT2D eigenvalue weighted by atomic mass is 127. The van der Waals surface area contributed by atoms with Gasteiger partial charge in [-0.15, -0.1) is 0 Å². The van der Waals surface area contributed by atoms with Gasteiger partial charge in [-0.25, -0.2) is 4.79 Å². The Bertz CT molecular complexity index is 1340. The molecule has 4 rings (SSSR count). The summed E-state index contributed by atoms with van der Waals surface area (Å²) < 4.78 is 5.66. The number of rotatable bonds is 3. The van der Waals surface area contributed by atoms with Crippen molar-refractivity contribution in [2.75, 3.05) is 7.11 Å². The topological polar surface area (TPSA) is 43.4 Å². The smallest absolute Gasteiger partial charge is 0.337 e. The molecule has 0 spiro atoms. The maximum Gasteiger partial charge on any atom is 0.337 e. The molecule has 31 heavy (non-hydrogen) atoms. The molecule has 0 aliphatic carbocycles. The summed E-state index contributed by atoms with van der Waals surface area (Å²) in [6.45, 7) is 0. The first-order chi connectivity index (χ1) is 15.1. The Kier molecular flexibility index (Phi) is 6.15. The number of ketones is 1. The van der Waals surface area contributed by atoms with Crippen LogP contribution in [-0.2, 0) is 4.74 Å². The molecule has 0 saturated heterocycles. The van der Waals surface area contributed by atoms with E-state index in [9.17, 15) is 9.59 Å². The van der Waals surface area contributed by atoms with Gasteiger partial charge in [0.15, 0.2) is 5.78 Å². The second-order valence-corrected chi connectivity index (χ2v) is 8.01. The van der Waals surface area contributed by atoms with Crippen molar-refractivity contribution in [3.63, 3.8) is 0 Å². The highest BCUT2D eigenvalue weighted by Crippen LogP contribution is 2.29. The quantitative estimate of drug-likeness (QED) is 0.148. The Morgan fingerprint density at radius 2 is 1.45 bits per heavy atom. The normalized spacial score (nSPS) is 10.3. The summed E-state index contributed by atoms with van der Waals surface area (Å²) in [5, 5.41) is 1.83. The second-order valence-electron chi connectivity index (χ2n) is 6.84. The summed E-state index contributed by atoms with van der Waals surface area (Å²) in [5.74, 6) is 5.83. The number of halogens is 1. The minimum Gasteiger partial charge on any atom is -0.465 e. The molecule has 0 aromatic heterocycles. The van der Waals surface area contributed by atoms with E-state index >= 15 is 0 Å².